The number of carbonyl (C=O) groups is 1. The van der Waals surface area contributed by atoms with E-state index in [1.807, 2.05) is 39.2 Å². The summed E-state index contributed by atoms with van der Waals surface area (Å²) in [6.45, 7) is 7.45. The van der Waals surface area contributed by atoms with E-state index in [0.29, 0.717) is 30.0 Å². The fourth-order valence-corrected chi connectivity index (χ4v) is 5.40. The van der Waals surface area contributed by atoms with Gasteiger partial charge in [0.1, 0.15) is 24.7 Å². The Morgan fingerprint density at radius 3 is 2.11 bits per heavy atom. The summed E-state index contributed by atoms with van der Waals surface area (Å²) >= 11 is 0. The molecule has 37 heavy (non-hydrogen) atoms. The number of aryl methyl sites for hydroxylation is 3. The summed E-state index contributed by atoms with van der Waals surface area (Å²) in [5.41, 5.74) is 3.24. The van der Waals surface area contributed by atoms with Crippen LogP contribution in [-0.2, 0) is 26.1 Å². The van der Waals surface area contributed by atoms with Crippen LogP contribution in [0.2, 0.25) is 0 Å². The molecule has 0 saturated carbocycles. The van der Waals surface area contributed by atoms with Gasteiger partial charge in [-0.15, -0.1) is 0 Å². The van der Waals surface area contributed by atoms with Crippen molar-refractivity contribution in [2.75, 3.05) is 68.2 Å². The average Bonchev–Trinajstić information content (AvgIpc) is 2.81. The molecule has 9 nitrogen and oxygen atoms in total. The molecule has 2 aromatic carbocycles. The molecular formula is C27H41N3O6S. The van der Waals surface area contributed by atoms with Crippen molar-refractivity contribution in [2.45, 2.75) is 32.2 Å². The van der Waals surface area contributed by atoms with Crippen LogP contribution in [0, 0.1) is 20.8 Å². The van der Waals surface area contributed by atoms with Crippen molar-refractivity contribution in [3.63, 3.8) is 0 Å². The SMILES string of the molecule is COc1cc(C)c(S(=O)(=O)N(C)CCOCC(=O)N(C)Cc2ccc(OCCN(C)C)c(C)c2)c(C)c1. The first kappa shape index (κ1) is 30.6. The van der Waals surface area contributed by atoms with Crippen molar-refractivity contribution in [1.29, 1.82) is 0 Å². The molecule has 0 heterocycles. The Hall–Kier alpha value is -2.66. The molecule has 0 spiro atoms. The number of methoxy groups -OCH3 is 1. The first-order chi connectivity index (χ1) is 17.4. The second-order valence-electron chi connectivity index (χ2n) is 9.47. The van der Waals surface area contributed by atoms with Crippen LogP contribution in [0.3, 0.4) is 0 Å². The third-order valence-corrected chi connectivity index (χ3v) is 8.16. The van der Waals surface area contributed by atoms with Crippen LogP contribution in [0.15, 0.2) is 35.2 Å². The van der Waals surface area contributed by atoms with Gasteiger partial charge in [0.15, 0.2) is 0 Å². The van der Waals surface area contributed by atoms with E-state index in [2.05, 4.69) is 4.90 Å². The zero-order valence-corrected chi connectivity index (χ0v) is 24.1. The molecule has 0 saturated heterocycles. The Morgan fingerprint density at radius 1 is 0.892 bits per heavy atom. The van der Waals surface area contributed by atoms with Gasteiger partial charge in [-0.1, -0.05) is 12.1 Å². The Balaban J connectivity index is 1.84. The Bertz CT molecular complexity index is 1140. The molecule has 0 aliphatic heterocycles. The predicted octanol–water partition coefficient (Wildman–Crippen LogP) is 2.86. The topological polar surface area (TPSA) is 88.6 Å². The first-order valence-corrected chi connectivity index (χ1v) is 13.6. The molecule has 0 unspecified atom stereocenters. The van der Waals surface area contributed by atoms with Crippen molar-refractivity contribution in [3.05, 3.63) is 52.6 Å². The number of likely N-dealkylation sites (N-methyl/N-ethyl adjacent to an activating group) is 3. The number of sulfonamides is 1. The summed E-state index contributed by atoms with van der Waals surface area (Å²) in [5.74, 6) is 1.26. The van der Waals surface area contributed by atoms with Crippen LogP contribution in [-0.4, -0.2) is 96.6 Å². The molecule has 0 aliphatic carbocycles. The molecule has 0 bridgehead atoms. The third kappa shape index (κ3) is 8.70. The van der Waals surface area contributed by atoms with E-state index in [1.54, 1.807) is 45.0 Å². The van der Waals surface area contributed by atoms with Gasteiger partial charge < -0.3 is 24.0 Å². The van der Waals surface area contributed by atoms with E-state index in [1.165, 1.54) is 11.4 Å². The molecule has 1 amide bonds. The number of ether oxygens (including phenoxy) is 3. The number of rotatable bonds is 14. The molecule has 0 atom stereocenters. The lowest BCUT2D eigenvalue weighted by molar-refractivity contribution is -0.135. The molecule has 0 radical (unpaired) electrons. The number of nitrogens with zero attached hydrogens (tertiary/aromatic N) is 3. The zero-order valence-electron chi connectivity index (χ0n) is 23.3. The van der Waals surface area contributed by atoms with Crippen molar-refractivity contribution in [3.8, 4) is 11.5 Å². The molecule has 10 heteroatoms. The van der Waals surface area contributed by atoms with Crippen molar-refractivity contribution >= 4 is 15.9 Å². The summed E-state index contributed by atoms with van der Waals surface area (Å²) in [5, 5.41) is 0. The van der Waals surface area contributed by atoms with Gasteiger partial charge in [-0.05, 0) is 75.3 Å². The lowest BCUT2D eigenvalue weighted by Crippen LogP contribution is -2.33. The number of hydrogen-bond acceptors (Lipinski definition) is 7. The second-order valence-corrected chi connectivity index (χ2v) is 11.5. The standard InChI is InChI=1S/C27H41N3O6S/c1-20-15-23(9-10-25(20)36-14-11-28(4)5)18-29(6)26(31)19-35-13-12-30(7)37(32,33)27-21(2)16-24(34-8)17-22(27)3/h9-10,15-17H,11-14,18-19H2,1-8H3. The number of hydrogen-bond donors (Lipinski definition) is 0. The summed E-state index contributed by atoms with van der Waals surface area (Å²) in [6.07, 6.45) is 0. The highest BCUT2D eigenvalue weighted by Crippen LogP contribution is 2.27. The van der Waals surface area contributed by atoms with E-state index < -0.39 is 10.0 Å². The van der Waals surface area contributed by atoms with Gasteiger partial charge in [0.05, 0.1) is 18.6 Å². The second kappa shape index (κ2) is 13.8. The average molecular weight is 536 g/mol. The summed E-state index contributed by atoms with van der Waals surface area (Å²) < 4.78 is 44.0. The highest BCUT2D eigenvalue weighted by molar-refractivity contribution is 7.89. The smallest absolute Gasteiger partial charge is 0.248 e. The Kier molecular flexibility index (Phi) is 11.4. The number of benzene rings is 2. The number of carbonyl (C=O) groups excluding carboxylic acids is 1. The van der Waals surface area contributed by atoms with Crippen LogP contribution in [0.25, 0.3) is 0 Å². The Morgan fingerprint density at radius 2 is 1.54 bits per heavy atom. The molecule has 0 aliphatic rings. The number of amides is 1. The van der Waals surface area contributed by atoms with E-state index in [-0.39, 0.29) is 30.6 Å². The highest BCUT2D eigenvalue weighted by Gasteiger charge is 2.25. The maximum Gasteiger partial charge on any atom is 0.248 e. The quantitative estimate of drug-likeness (QED) is 0.344. The van der Waals surface area contributed by atoms with Gasteiger partial charge in [0.25, 0.3) is 0 Å². The monoisotopic (exact) mass is 535 g/mol. The van der Waals surface area contributed by atoms with E-state index in [4.69, 9.17) is 14.2 Å². The zero-order chi connectivity index (χ0) is 27.8. The van der Waals surface area contributed by atoms with Gasteiger partial charge in [0.2, 0.25) is 15.9 Å². The van der Waals surface area contributed by atoms with Crippen LogP contribution >= 0.6 is 0 Å². The van der Waals surface area contributed by atoms with E-state index in [0.717, 1.165) is 23.4 Å². The maximum absolute atomic E-state index is 13.1. The first-order valence-electron chi connectivity index (χ1n) is 12.2. The minimum atomic E-state index is -3.71. The van der Waals surface area contributed by atoms with Gasteiger partial charge in [0, 0.05) is 33.7 Å². The van der Waals surface area contributed by atoms with Crippen LogP contribution in [0.4, 0.5) is 0 Å². The lowest BCUT2D eigenvalue weighted by atomic mass is 10.1. The molecular weight excluding hydrogens is 494 g/mol. The molecule has 0 fully saturated rings. The van der Waals surface area contributed by atoms with E-state index in [9.17, 15) is 13.2 Å². The van der Waals surface area contributed by atoms with Crippen LogP contribution in [0.1, 0.15) is 22.3 Å². The van der Waals surface area contributed by atoms with Gasteiger partial charge >= 0.3 is 0 Å². The summed E-state index contributed by atoms with van der Waals surface area (Å²) in [4.78, 5) is 16.5. The van der Waals surface area contributed by atoms with Crippen LogP contribution < -0.4 is 9.47 Å². The van der Waals surface area contributed by atoms with Crippen molar-refractivity contribution in [2.24, 2.45) is 0 Å². The minimum Gasteiger partial charge on any atom is -0.497 e. The van der Waals surface area contributed by atoms with Gasteiger partial charge in [-0.2, -0.15) is 4.31 Å². The third-order valence-electron chi connectivity index (χ3n) is 5.99. The highest BCUT2D eigenvalue weighted by atomic mass is 32.2. The molecule has 0 aromatic heterocycles. The lowest BCUT2D eigenvalue weighted by Gasteiger charge is -2.21. The predicted molar refractivity (Wildman–Crippen MR) is 145 cm³/mol. The van der Waals surface area contributed by atoms with Gasteiger partial charge in [-0.3, -0.25) is 4.79 Å². The normalized spacial score (nSPS) is 11.7. The molecule has 206 valence electrons. The summed E-state index contributed by atoms with van der Waals surface area (Å²) in [6, 6.07) is 9.29. The van der Waals surface area contributed by atoms with Crippen molar-refractivity contribution in [1.82, 2.24) is 14.1 Å². The maximum atomic E-state index is 13.1. The minimum absolute atomic E-state index is 0.0989. The fourth-order valence-electron chi connectivity index (χ4n) is 3.85. The molecule has 0 N–H and O–H groups in total. The molecule has 2 aromatic rings. The summed E-state index contributed by atoms with van der Waals surface area (Å²) in [7, 11) is 5.06. The van der Waals surface area contributed by atoms with Gasteiger partial charge in [-0.25, -0.2) is 8.42 Å². The van der Waals surface area contributed by atoms with Crippen molar-refractivity contribution < 1.29 is 27.4 Å². The van der Waals surface area contributed by atoms with E-state index >= 15 is 0 Å². The fraction of sp³-hybridized carbons (Fsp3) is 0.519. The van der Waals surface area contributed by atoms with Crippen LogP contribution in [0.5, 0.6) is 11.5 Å². The molecule has 2 rings (SSSR count). The Labute approximate surface area is 222 Å². The largest absolute Gasteiger partial charge is 0.497 e.